The van der Waals surface area contributed by atoms with Gasteiger partial charge in [-0.05, 0) is 12.1 Å². The first-order valence-electron chi connectivity index (χ1n) is 5.40. The molecule has 0 aromatic heterocycles. The highest BCUT2D eigenvalue weighted by Gasteiger charge is 2.42. The van der Waals surface area contributed by atoms with E-state index < -0.39 is 32.6 Å². The molecular weight excluding hydrogens is 297 g/mol. The lowest BCUT2D eigenvalue weighted by atomic mass is 10.0. The molecule has 1 aliphatic heterocycles. The number of hydrogen-bond acceptors (Lipinski definition) is 4. The van der Waals surface area contributed by atoms with E-state index in [9.17, 15) is 17.6 Å². The van der Waals surface area contributed by atoms with Gasteiger partial charge in [-0.25, -0.2) is 12.8 Å². The number of carbonyl (C=O) groups is 1. The SMILES string of the molecule is COC(=O)C1CN(S(=O)(=O)c2cccc(Cl)c2F)C1. The molecule has 2 rings (SSSR count). The minimum Gasteiger partial charge on any atom is -0.469 e. The summed E-state index contributed by atoms with van der Waals surface area (Å²) in [6, 6.07) is 3.77. The van der Waals surface area contributed by atoms with Crippen molar-refractivity contribution in [3.63, 3.8) is 0 Å². The van der Waals surface area contributed by atoms with Crippen molar-refractivity contribution >= 4 is 27.6 Å². The minimum atomic E-state index is -3.96. The predicted molar refractivity (Wildman–Crippen MR) is 65.7 cm³/mol. The van der Waals surface area contributed by atoms with Gasteiger partial charge in [-0.2, -0.15) is 4.31 Å². The molecule has 0 amide bonds. The van der Waals surface area contributed by atoms with E-state index in [-0.39, 0.29) is 18.1 Å². The highest BCUT2D eigenvalue weighted by atomic mass is 35.5. The monoisotopic (exact) mass is 307 g/mol. The second-order valence-electron chi connectivity index (χ2n) is 4.09. The number of esters is 1. The number of rotatable bonds is 3. The van der Waals surface area contributed by atoms with Gasteiger partial charge in [-0.15, -0.1) is 0 Å². The van der Waals surface area contributed by atoms with Crippen LogP contribution in [0.25, 0.3) is 0 Å². The Labute approximate surface area is 115 Å². The van der Waals surface area contributed by atoms with Crippen LogP contribution in [-0.2, 0) is 19.6 Å². The molecule has 0 aliphatic carbocycles. The van der Waals surface area contributed by atoms with Gasteiger partial charge in [0.25, 0.3) is 0 Å². The zero-order valence-electron chi connectivity index (χ0n) is 9.97. The third-order valence-corrected chi connectivity index (χ3v) is 5.06. The van der Waals surface area contributed by atoms with Gasteiger partial charge in [0.2, 0.25) is 10.0 Å². The minimum absolute atomic E-state index is 0.0129. The fourth-order valence-corrected chi connectivity index (χ4v) is 3.62. The van der Waals surface area contributed by atoms with Gasteiger partial charge >= 0.3 is 5.97 Å². The molecule has 0 atom stereocenters. The van der Waals surface area contributed by atoms with Gasteiger partial charge in [0.05, 0.1) is 18.1 Å². The Hall–Kier alpha value is -1.18. The standard InChI is InChI=1S/C11H11ClFNO4S/c1-18-11(15)7-5-14(6-7)19(16,17)9-4-2-3-8(12)10(9)13/h2-4,7H,5-6H2,1H3. The van der Waals surface area contributed by atoms with Crippen molar-refractivity contribution in [3.8, 4) is 0 Å². The fraction of sp³-hybridized carbons (Fsp3) is 0.364. The number of carbonyl (C=O) groups excluding carboxylic acids is 1. The van der Waals surface area contributed by atoms with Crippen molar-refractivity contribution in [3.05, 3.63) is 29.0 Å². The van der Waals surface area contributed by atoms with Crippen LogP contribution in [0.15, 0.2) is 23.1 Å². The third kappa shape index (κ3) is 2.45. The summed E-state index contributed by atoms with van der Waals surface area (Å²) >= 11 is 5.56. The lowest BCUT2D eigenvalue weighted by Crippen LogP contribution is -2.53. The van der Waals surface area contributed by atoms with Crippen molar-refractivity contribution < 1.29 is 22.3 Å². The quantitative estimate of drug-likeness (QED) is 0.789. The number of hydrogen-bond donors (Lipinski definition) is 0. The number of benzene rings is 1. The molecule has 0 N–H and O–H groups in total. The molecular formula is C11H11ClFNO4S. The van der Waals surface area contributed by atoms with E-state index in [4.69, 9.17) is 11.6 Å². The van der Waals surface area contributed by atoms with Gasteiger partial charge in [-0.3, -0.25) is 4.79 Å². The first-order valence-corrected chi connectivity index (χ1v) is 7.21. The largest absolute Gasteiger partial charge is 0.469 e. The molecule has 8 heteroatoms. The first-order chi connectivity index (χ1) is 8.87. The number of sulfonamides is 1. The van der Waals surface area contributed by atoms with Crippen molar-refractivity contribution in [1.82, 2.24) is 4.31 Å². The van der Waals surface area contributed by atoms with Crippen LogP contribution in [-0.4, -0.2) is 38.9 Å². The van der Waals surface area contributed by atoms with E-state index in [1.807, 2.05) is 0 Å². The Morgan fingerprint density at radius 1 is 1.47 bits per heavy atom. The van der Waals surface area contributed by atoms with Crippen LogP contribution in [0.5, 0.6) is 0 Å². The zero-order chi connectivity index (χ0) is 14.2. The molecule has 104 valence electrons. The fourth-order valence-electron chi connectivity index (χ4n) is 1.77. The van der Waals surface area contributed by atoms with Crippen LogP contribution in [0.4, 0.5) is 4.39 Å². The van der Waals surface area contributed by atoms with Gasteiger partial charge in [0.1, 0.15) is 4.90 Å². The molecule has 1 aromatic carbocycles. The Morgan fingerprint density at radius 2 is 2.11 bits per heavy atom. The second-order valence-corrected chi connectivity index (χ2v) is 6.41. The molecule has 0 radical (unpaired) electrons. The van der Waals surface area contributed by atoms with Crippen LogP contribution in [0.3, 0.4) is 0 Å². The molecule has 5 nitrogen and oxygen atoms in total. The van der Waals surface area contributed by atoms with Crippen LogP contribution < -0.4 is 0 Å². The van der Waals surface area contributed by atoms with E-state index in [1.165, 1.54) is 19.2 Å². The number of nitrogens with zero attached hydrogens (tertiary/aromatic N) is 1. The van der Waals surface area contributed by atoms with Gasteiger partial charge in [-0.1, -0.05) is 17.7 Å². The smallest absolute Gasteiger partial charge is 0.311 e. The molecule has 1 fully saturated rings. The van der Waals surface area contributed by atoms with Crippen LogP contribution in [0.1, 0.15) is 0 Å². The average molecular weight is 308 g/mol. The van der Waals surface area contributed by atoms with Crippen LogP contribution in [0, 0.1) is 11.7 Å². The summed E-state index contributed by atoms with van der Waals surface area (Å²) in [7, 11) is -2.73. The number of ether oxygens (including phenoxy) is 1. The summed E-state index contributed by atoms with van der Waals surface area (Å²) in [5.41, 5.74) is 0. The lowest BCUT2D eigenvalue weighted by Gasteiger charge is -2.36. The summed E-state index contributed by atoms with van der Waals surface area (Å²) < 4.78 is 43.5. The maximum atomic E-state index is 13.7. The van der Waals surface area contributed by atoms with Crippen molar-refractivity contribution in [1.29, 1.82) is 0 Å². The molecule has 1 aliphatic rings. The molecule has 1 saturated heterocycles. The molecule has 0 unspecified atom stereocenters. The molecule has 0 bridgehead atoms. The van der Waals surface area contributed by atoms with E-state index >= 15 is 0 Å². The molecule has 1 aromatic rings. The second kappa shape index (κ2) is 5.07. The van der Waals surface area contributed by atoms with Crippen molar-refractivity contribution in [2.45, 2.75) is 4.90 Å². The summed E-state index contributed by atoms with van der Waals surface area (Å²) in [5, 5.41) is -0.258. The van der Waals surface area contributed by atoms with E-state index in [0.29, 0.717) is 0 Å². The molecule has 1 heterocycles. The van der Waals surface area contributed by atoms with Gasteiger partial charge in [0, 0.05) is 13.1 Å². The van der Waals surface area contributed by atoms with E-state index in [0.717, 1.165) is 10.4 Å². The third-order valence-electron chi connectivity index (χ3n) is 2.92. The van der Waals surface area contributed by atoms with Crippen molar-refractivity contribution in [2.75, 3.05) is 20.2 Å². The highest BCUT2D eigenvalue weighted by molar-refractivity contribution is 7.89. The Balaban J connectivity index is 2.22. The molecule has 19 heavy (non-hydrogen) atoms. The number of halogens is 2. The van der Waals surface area contributed by atoms with Gasteiger partial charge in [0.15, 0.2) is 5.82 Å². The maximum Gasteiger partial charge on any atom is 0.311 e. The van der Waals surface area contributed by atoms with Gasteiger partial charge < -0.3 is 4.74 Å². The van der Waals surface area contributed by atoms with Crippen LogP contribution >= 0.6 is 11.6 Å². The first kappa shape index (κ1) is 14.2. The Bertz CT molecular complexity index is 613. The normalized spacial score (nSPS) is 17.0. The molecule has 0 spiro atoms. The van der Waals surface area contributed by atoms with Crippen LogP contribution in [0.2, 0.25) is 5.02 Å². The maximum absolute atomic E-state index is 13.7. The summed E-state index contributed by atoms with van der Waals surface area (Å²) in [5.74, 6) is -1.95. The number of methoxy groups -OCH3 is 1. The predicted octanol–water partition coefficient (Wildman–Crippen LogP) is 1.27. The topological polar surface area (TPSA) is 63.7 Å². The van der Waals surface area contributed by atoms with Crippen molar-refractivity contribution in [2.24, 2.45) is 5.92 Å². The molecule has 0 saturated carbocycles. The summed E-state index contributed by atoms with van der Waals surface area (Å²) in [6.45, 7) is -0.0259. The Kier molecular flexibility index (Phi) is 3.80. The Morgan fingerprint density at radius 3 is 2.68 bits per heavy atom. The average Bonchev–Trinajstić information content (AvgIpc) is 2.29. The lowest BCUT2D eigenvalue weighted by molar-refractivity contribution is -0.149. The highest BCUT2D eigenvalue weighted by Crippen LogP contribution is 2.29. The summed E-state index contributed by atoms with van der Waals surface area (Å²) in [4.78, 5) is 10.7. The van der Waals surface area contributed by atoms with E-state index in [1.54, 1.807) is 0 Å². The van der Waals surface area contributed by atoms with E-state index in [2.05, 4.69) is 4.74 Å². The summed E-state index contributed by atoms with van der Waals surface area (Å²) in [6.07, 6.45) is 0. The zero-order valence-corrected chi connectivity index (χ0v) is 11.5.